The number of carbonyl (C=O) groups excluding carboxylic acids is 1. The maximum Gasteiger partial charge on any atom is 0.223 e. The molecule has 0 bridgehead atoms. The number of allylic oxidation sites excluding steroid dienone is 1. The first-order valence-electron chi connectivity index (χ1n) is 7.73. The van der Waals surface area contributed by atoms with Crippen LogP contribution in [0.1, 0.15) is 6.42 Å². The highest BCUT2D eigenvalue weighted by Gasteiger charge is 2.27. The minimum absolute atomic E-state index is 0.00976. The highest BCUT2D eigenvalue weighted by molar-refractivity contribution is 7.94. The van der Waals surface area contributed by atoms with Crippen LogP contribution in [0.25, 0.3) is 0 Å². The fourth-order valence-electron chi connectivity index (χ4n) is 3.02. The van der Waals surface area contributed by atoms with Gasteiger partial charge in [-0.2, -0.15) is 0 Å². The van der Waals surface area contributed by atoms with Gasteiger partial charge in [-0.25, -0.2) is 8.42 Å². The number of halogens is 2. The molecular formula is C16H18Cl2N2O3S. The van der Waals surface area contributed by atoms with E-state index in [9.17, 15) is 13.2 Å². The Morgan fingerprint density at radius 3 is 2.42 bits per heavy atom. The van der Waals surface area contributed by atoms with Gasteiger partial charge in [0.1, 0.15) is 0 Å². The van der Waals surface area contributed by atoms with Gasteiger partial charge in [-0.3, -0.25) is 4.79 Å². The Balaban J connectivity index is 1.54. The first-order valence-corrected chi connectivity index (χ1v) is 10.2. The van der Waals surface area contributed by atoms with Crippen LogP contribution in [0.2, 0.25) is 10.0 Å². The molecule has 8 heteroatoms. The van der Waals surface area contributed by atoms with Crippen LogP contribution in [-0.2, 0) is 14.6 Å². The lowest BCUT2D eigenvalue weighted by atomic mass is 10.1. The zero-order valence-corrected chi connectivity index (χ0v) is 15.3. The van der Waals surface area contributed by atoms with E-state index in [1.807, 2.05) is 12.1 Å². The first-order chi connectivity index (χ1) is 11.3. The number of piperazine rings is 1. The van der Waals surface area contributed by atoms with Gasteiger partial charge in [0.15, 0.2) is 9.84 Å². The van der Waals surface area contributed by atoms with Crippen molar-refractivity contribution in [2.24, 2.45) is 5.92 Å². The normalized spacial score (nSPS) is 22.8. The van der Waals surface area contributed by atoms with Crippen molar-refractivity contribution < 1.29 is 13.2 Å². The zero-order valence-electron chi connectivity index (χ0n) is 13.0. The molecule has 130 valence electrons. The van der Waals surface area contributed by atoms with Crippen molar-refractivity contribution in [2.75, 3.05) is 36.8 Å². The number of nitrogens with zero attached hydrogens (tertiary/aromatic N) is 2. The fourth-order valence-corrected chi connectivity index (χ4v) is 4.71. The van der Waals surface area contributed by atoms with Gasteiger partial charge in [-0.1, -0.05) is 29.3 Å². The van der Waals surface area contributed by atoms with Crippen molar-refractivity contribution in [1.29, 1.82) is 0 Å². The van der Waals surface area contributed by atoms with Gasteiger partial charge in [0.2, 0.25) is 5.91 Å². The molecule has 1 aromatic carbocycles. The molecule has 3 rings (SSSR count). The highest BCUT2D eigenvalue weighted by atomic mass is 35.5. The van der Waals surface area contributed by atoms with E-state index in [2.05, 4.69) is 4.90 Å². The number of sulfone groups is 1. The topological polar surface area (TPSA) is 57.7 Å². The van der Waals surface area contributed by atoms with Crippen molar-refractivity contribution in [3.8, 4) is 0 Å². The second kappa shape index (κ2) is 6.94. The smallest absolute Gasteiger partial charge is 0.223 e. The van der Waals surface area contributed by atoms with E-state index in [0.717, 1.165) is 5.69 Å². The van der Waals surface area contributed by atoms with E-state index >= 15 is 0 Å². The molecule has 0 radical (unpaired) electrons. The van der Waals surface area contributed by atoms with Gasteiger partial charge in [-0.05, 0) is 18.2 Å². The Hall–Kier alpha value is -1.24. The van der Waals surface area contributed by atoms with E-state index < -0.39 is 9.84 Å². The third-order valence-electron chi connectivity index (χ3n) is 4.34. The summed E-state index contributed by atoms with van der Waals surface area (Å²) in [5, 5.41) is 2.25. The second-order valence-corrected chi connectivity index (χ2v) is 8.83. The van der Waals surface area contributed by atoms with Crippen LogP contribution in [-0.4, -0.2) is 51.2 Å². The Kier molecular flexibility index (Phi) is 5.08. The van der Waals surface area contributed by atoms with E-state index in [4.69, 9.17) is 23.2 Å². The zero-order chi connectivity index (χ0) is 17.3. The summed E-state index contributed by atoms with van der Waals surface area (Å²) in [6.07, 6.45) is 1.88. The minimum atomic E-state index is -3.11. The van der Waals surface area contributed by atoms with Crippen molar-refractivity contribution >= 4 is 44.6 Å². The number of rotatable bonds is 3. The van der Waals surface area contributed by atoms with Crippen LogP contribution in [0.15, 0.2) is 29.7 Å². The number of anilines is 1. The molecular weight excluding hydrogens is 371 g/mol. The Bertz CT molecular complexity index is 772. The van der Waals surface area contributed by atoms with Gasteiger partial charge < -0.3 is 9.80 Å². The SMILES string of the molecule is O=C(CC1C=CS(=O)(=O)C1)N1CCN(c2ccc(Cl)c(Cl)c2)CC1. The van der Waals surface area contributed by atoms with Gasteiger partial charge in [-0.15, -0.1) is 0 Å². The molecule has 2 aliphatic heterocycles. The van der Waals surface area contributed by atoms with Crippen molar-refractivity contribution in [3.05, 3.63) is 39.7 Å². The van der Waals surface area contributed by atoms with E-state index in [0.29, 0.717) is 36.2 Å². The maximum atomic E-state index is 12.3. The van der Waals surface area contributed by atoms with Crippen molar-refractivity contribution in [2.45, 2.75) is 6.42 Å². The molecule has 24 heavy (non-hydrogen) atoms. The Morgan fingerprint density at radius 2 is 1.83 bits per heavy atom. The summed E-state index contributed by atoms with van der Waals surface area (Å²) < 4.78 is 22.8. The first kappa shape index (κ1) is 17.6. The largest absolute Gasteiger partial charge is 0.368 e. The predicted molar refractivity (Wildman–Crippen MR) is 96.3 cm³/mol. The molecule has 2 heterocycles. The number of benzene rings is 1. The van der Waals surface area contributed by atoms with Crippen molar-refractivity contribution in [3.63, 3.8) is 0 Å². The molecule has 1 amide bonds. The summed E-state index contributed by atoms with van der Waals surface area (Å²) in [5.41, 5.74) is 0.987. The number of hydrogen-bond donors (Lipinski definition) is 0. The molecule has 0 N–H and O–H groups in total. The average Bonchev–Trinajstić information content (AvgIpc) is 2.89. The lowest BCUT2D eigenvalue weighted by molar-refractivity contribution is -0.132. The molecule has 0 spiro atoms. The monoisotopic (exact) mass is 388 g/mol. The molecule has 1 saturated heterocycles. The molecule has 1 fully saturated rings. The molecule has 2 aliphatic rings. The molecule has 0 aromatic heterocycles. The fraction of sp³-hybridized carbons (Fsp3) is 0.438. The highest BCUT2D eigenvalue weighted by Crippen LogP contribution is 2.28. The minimum Gasteiger partial charge on any atom is -0.368 e. The summed E-state index contributed by atoms with van der Waals surface area (Å²) >= 11 is 12.0. The van der Waals surface area contributed by atoms with E-state index in [1.165, 1.54) is 5.41 Å². The summed E-state index contributed by atoms with van der Waals surface area (Å²) in [4.78, 5) is 16.3. The predicted octanol–water partition coefficient (Wildman–Crippen LogP) is 2.59. The molecule has 0 aliphatic carbocycles. The lowest BCUT2D eigenvalue weighted by Gasteiger charge is -2.36. The summed E-state index contributed by atoms with van der Waals surface area (Å²) in [6, 6.07) is 5.51. The quantitative estimate of drug-likeness (QED) is 0.798. The van der Waals surface area contributed by atoms with Crippen LogP contribution in [0.5, 0.6) is 0 Å². The molecule has 1 atom stereocenters. The third kappa shape index (κ3) is 4.05. The van der Waals surface area contributed by atoms with Crippen LogP contribution in [0, 0.1) is 5.92 Å². The van der Waals surface area contributed by atoms with E-state index in [1.54, 1.807) is 17.0 Å². The average molecular weight is 389 g/mol. The van der Waals surface area contributed by atoms with Gasteiger partial charge in [0.25, 0.3) is 0 Å². The number of hydrogen-bond acceptors (Lipinski definition) is 4. The van der Waals surface area contributed by atoms with Crippen LogP contribution in [0.4, 0.5) is 5.69 Å². The lowest BCUT2D eigenvalue weighted by Crippen LogP contribution is -2.49. The number of amides is 1. The molecule has 1 aromatic rings. The Labute approximate surface area is 151 Å². The second-order valence-electron chi connectivity index (χ2n) is 6.09. The maximum absolute atomic E-state index is 12.3. The molecule has 0 saturated carbocycles. The molecule has 5 nitrogen and oxygen atoms in total. The summed E-state index contributed by atoms with van der Waals surface area (Å²) in [5.74, 6) is -0.145. The van der Waals surface area contributed by atoms with Crippen molar-refractivity contribution in [1.82, 2.24) is 4.90 Å². The van der Waals surface area contributed by atoms with Crippen LogP contribution in [0.3, 0.4) is 0 Å². The standard InChI is InChI=1S/C16H18Cl2N2O3S/c17-14-2-1-13(10-15(14)18)19-4-6-20(7-5-19)16(21)9-12-3-8-24(22,23)11-12/h1-3,8,10,12H,4-7,9,11H2. The van der Waals surface area contributed by atoms with Crippen LogP contribution >= 0.6 is 23.2 Å². The third-order valence-corrected chi connectivity index (χ3v) is 6.55. The Morgan fingerprint density at radius 1 is 1.12 bits per heavy atom. The molecule has 1 unspecified atom stereocenters. The van der Waals surface area contributed by atoms with Crippen LogP contribution < -0.4 is 4.90 Å². The summed E-state index contributed by atoms with van der Waals surface area (Å²) in [7, 11) is -3.11. The summed E-state index contributed by atoms with van der Waals surface area (Å²) in [6.45, 7) is 2.65. The van der Waals surface area contributed by atoms with Gasteiger partial charge >= 0.3 is 0 Å². The van der Waals surface area contributed by atoms with E-state index in [-0.39, 0.29) is 24.0 Å². The van der Waals surface area contributed by atoms with Gasteiger partial charge in [0, 0.05) is 49.6 Å². The number of carbonyl (C=O) groups is 1. The van der Waals surface area contributed by atoms with Gasteiger partial charge in [0.05, 0.1) is 15.8 Å².